The molecule has 0 spiro atoms. The molecule has 0 aliphatic carbocycles. The van der Waals surface area contributed by atoms with Crippen LogP contribution in [0.1, 0.15) is 68.5 Å². The molecule has 0 saturated heterocycles. The van der Waals surface area contributed by atoms with Gasteiger partial charge in [0.25, 0.3) is 0 Å². The highest BCUT2D eigenvalue weighted by atomic mass is 28.4. The normalized spacial score (nSPS) is 12.5. The van der Waals surface area contributed by atoms with Crippen molar-refractivity contribution in [3.05, 3.63) is 40.6 Å². The predicted octanol–water partition coefficient (Wildman–Crippen LogP) is 6.12. The van der Waals surface area contributed by atoms with Crippen molar-refractivity contribution >= 4 is 25.2 Å². The molecule has 2 N–H and O–H groups in total. The highest BCUT2D eigenvalue weighted by Crippen LogP contribution is 2.39. The third-order valence-corrected chi connectivity index (χ3v) is 12.1. The van der Waals surface area contributed by atoms with E-state index in [0.29, 0.717) is 42.8 Å². The molecule has 9 heteroatoms. The number of aryl methyl sites for hydroxylation is 2. The molecule has 3 rings (SSSR count). The molecule has 0 unspecified atom stereocenters. The Hall–Kier alpha value is -2.49. The summed E-state index contributed by atoms with van der Waals surface area (Å²) in [5.41, 5.74) is 4.74. The Kier molecular flexibility index (Phi) is 9.03. The fourth-order valence-corrected chi connectivity index (χ4v) is 5.66. The number of H-pyrrole nitrogens is 1. The van der Waals surface area contributed by atoms with Crippen LogP contribution < -0.4 is 5.32 Å². The molecule has 3 aromatic rings. The summed E-state index contributed by atoms with van der Waals surface area (Å²) < 4.78 is 29.1. The van der Waals surface area contributed by atoms with Gasteiger partial charge in [-0.25, -0.2) is 9.18 Å². The molecule has 2 aromatic heterocycles. The maximum Gasteiger partial charge on any atom is 0.355 e. The summed E-state index contributed by atoms with van der Waals surface area (Å²) in [7, 11) is 1.85. The summed E-state index contributed by atoms with van der Waals surface area (Å²) in [6, 6.07) is 3.25. The second-order valence-corrected chi connectivity index (χ2v) is 15.8. The number of nitrogens with zero attached hydrogens (tertiary/aromatic N) is 2. The number of aromatic amines is 1. The van der Waals surface area contributed by atoms with Crippen LogP contribution in [0.3, 0.4) is 0 Å². The van der Waals surface area contributed by atoms with E-state index in [-0.39, 0.29) is 17.5 Å². The van der Waals surface area contributed by atoms with Crippen LogP contribution in [0.4, 0.5) is 4.39 Å². The number of carbonyl (C=O) groups excluding carboxylic acids is 1. The first-order valence-electron chi connectivity index (χ1n) is 13.2. The molecule has 0 fully saturated rings. The lowest BCUT2D eigenvalue weighted by Crippen LogP contribution is -2.41. The van der Waals surface area contributed by atoms with Gasteiger partial charge in [0.2, 0.25) is 0 Å². The van der Waals surface area contributed by atoms with Gasteiger partial charge in [-0.15, -0.1) is 0 Å². The summed E-state index contributed by atoms with van der Waals surface area (Å²) in [4.78, 5) is 16.3. The number of ether oxygens (including phenoxy) is 1. The second-order valence-electron chi connectivity index (χ2n) is 11.0. The highest BCUT2D eigenvalue weighted by molar-refractivity contribution is 6.74. The predicted molar refractivity (Wildman–Crippen MR) is 150 cm³/mol. The van der Waals surface area contributed by atoms with Crippen LogP contribution in [0.15, 0.2) is 12.1 Å². The molecule has 2 heterocycles. The van der Waals surface area contributed by atoms with Crippen molar-refractivity contribution in [1.82, 2.24) is 20.1 Å². The van der Waals surface area contributed by atoms with Gasteiger partial charge in [0.15, 0.2) is 8.32 Å². The zero-order valence-corrected chi connectivity index (χ0v) is 24.9. The van der Waals surface area contributed by atoms with Crippen LogP contribution in [0, 0.1) is 5.82 Å². The largest absolute Gasteiger partial charge is 0.461 e. The lowest BCUT2D eigenvalue weighted by atomic mass is 9.96. The first kappa shape index (κ1) is 29.1. The molecule has 0 bridgehead atoms. The first-order valence-corrected chi connectivity index (χ1v) is 16.1. The Morgan fingerprint density at radius 3 is 2.51 bits per heavy atom. The summed E-state index contributed by atoms with van der Waals surface area (Å²) in [6.07, 6.45) is 2.06. The molecule has 0 saturated carbocycles. The number of esters is 1. The number of hydrogen-bond donors (Lipinski definition) is 2. The number of halogens is 1. The maximum absolute atomic E-state index is 15.6. The number of aromatic nitrogens is 3. The van der Waals surface area contributed by atoms with Crippen LogP contribution in [-0.2, 0) is 35.6 Å². The van der Waals surface area contributed by atoms with Crippen LogP contribution in [0.25, 0.3) is 22.0 Å². The molecular formula is C28H43FN4O3Si. The molecule has 37 heavy (non-hydrogen) atoms. The van der Waals surface area contributed by atoms with Gasteiger partial charge < -0.3 is 19.5 Å². The average Bonchev–Trinajstić information content (AvgIpc) is 3.33. The molecule has 0 aliphatic heterocycles. The average molecular weight is 531 g/mol. The van der Waals surface area contributed by atoms with Gasteiger partial charge in [-0.3, -0.25) is 4.68 Å². The summed E-state index contributed by atoms with van der Waals surface area (Å²) in [6.45, 7) is 16.3. The van der Waals surface area contributed by atoms with Crippen molar-refractivity contribution in [1.29, 1.82) is 0 Å². The van der Waals surface area contributed by atoms with E-state index in [1.165, 1.54) is 6.07 Å². The van der Waals surface area contributed by atoms with Gasteiger partial charge in [0, 0.05) is 42.4 Å². The third-order valence-electron chi connectivity index (χ3n) is 7.52. The number of hydrogen-bond acceptors (Lipinski definition) is 5. The van der Waals surface area contributed by atoms with Gasteiger partial charge in [-0.05, 0) is 69.1 Å². The van der Waals surface area contributed by atoms with E-state index in [1.54, 1.807) is 13.0 Å². The molecule has 0 atom stereocenters. The first-order chi connectivity index (χ1) is 17.4. The lowest BCUT2D eigenvalue weighted by Gasteiger charge is -2.36. The van der Waals surface area contributed by atoms with Gasteiger partial charge in [-0.1, -0.05) is 27.7 Å². The molecule has 0 radical (unpaired) electrons. The van der Waals surface area contributed by atoms with Crippen LogP contribution in [-0.4, -0.2) is 49.3 Å². The number of carbonyl (C=O) groups is 1. The van der Waals surface area contributed by atoms with E-state index in [4.69, 9.17) is 9.16 Å². The van der Waals surface area contributed by atoms with Crippen LogP contribution in [0.2, 0.25) is 18.1 Å². The Morgan fingerprint density at radius 1 is 1.22 bits per heavy atom. The van der Waals surface area contributed by atoms with Crippen molar-refractivity contribution in [3.63, 3.8) is 0 Å². The third kappa shape index (κ3) is 5.83. The van der Waals surface area contributed by atoms with Crippen molar-refractivity contribution in [2.75, 3.05) is 20.3 Å². The van der Waals surface area contributed by atoms with Gasteiger partial charge >= 0.3 is 5.97 Å². The van der Waals surface area contributed by atoms with Gasteiger partial charge in [0.05, 0.1) is 17.8 Å². The lowest BCUT2D eigenvalue weighted by molar-refractivity contribution is 0.0519. The molecule has 0 amide bonds. The van der Waals surface area contributed by atoms with Crippen molar-refractivity contribution in [3.8, 4) is 11.1 Å². The number of benzene rings is 1. The van der Waals surface area contributed by atoms with Gasteiger partial charge in [0.1, 0.15) is 11.5 Å². The maximum atomic E-state index is 15.6. The number of fused-ring (bicyclic) bond motifs is 1. The van der Waals surface area contributed by atoms with Crippen LogP contribution in [0.5, 0.6) is 0 Å². The zero-order valence-electron chi connectivity index (χ0n) is 23.9. The summed E-state index contributed by atoms with van der Waals surface area (Å²) in [5, 5.41) is 8.76. The molecule has 1 aromatic carbocycles. The SMILES string of the molecule is CCOC(=O)c1[nH]c2c(-c3c(CNC)nn(C)c3CC)c(F)ccc2c1CCCO[Si](C)(C)C(C)(C)C. The van der Waals surface area contributed by atoms with E-state index >= 15 is 4.39 Å². The monoisotopic (exact) mass is 530 g/mol. The van der Waals surface area contributed by atoms with Crippen molar-refractivity contribution in [2.24, 2.45) is 7.05 Å². The van der Waals surface area contributed by atoms with Crippen molar-refractivity contribution < 1.29 is 18.3 Å². The fraction of sp³-hybridized carbons (Fsp3) is 0.571. The van der Waals surface area contributed by atoms with E-state index < -0.39 is 14.3 Å². The topological polar surface area (TPSA) is 81.2 Å². The van der Waals surface area contributed by atoms with Gasteiger partial charge in [-0.2, -0.15) is 5.10 Å². The molecule has 0 aliphatic rings. The Labute approximate surface area is 221 Å². The highest BCUT2D eigenvalue weighted by Gasteiger charge is 2.37. The Morgan fingerprint density at radius 2 is 1.92 bits per heavy atom. The standard InChI is InChI=1S/C28H43FN4O3Si/c1-10-22-24(21(17-30-6)32-33(22)7)23-20(29)15-14-19-18(26(31-25(19)23)27(34)35-11-2)13-12-16-36-37(8,9)28(3,4)5/h14-15,30-31H,10-13,16-17H2,1-9H3. The second kappa shape index (κ2) is 11.5. The fourth-order valence-electron chi connectivity index (χ4n) is 4.57. The molecule has 204 valence electrons. The van der Waals surface area contributed by atoms with Crippen molar-refractivity contribution in [2.45, 2.75) is 78.6 Å². The quantitative estimate of drug-likeness (QED) is 0.177. The van der Waals surface area contributed by atoms with E-state index in [1.807, 2.05) is 25.7 Å². The summed E-state index contributed by atoms with van der Waals surface area (Å²) in [5.74, 6) is -0.778. The minimum atomic E-state index is -1.88. The summed E-state index contributed by atoms with van der Waals surface area (Å²) >= 11 is 0. The number of nitrogens with one attached hydrogen (secondary N) is 2. The van der Waals surface area contributed by atoms with E-state index in [9.17, 15) is 4.79 Å². The van der Waals surface area contributed by atoms with E-state index in [0.717, 1.165) is 34.3 Å². The van der Waals surface area contributed by atoms with Crippen LogP contribution >= 0.6 is 0 Å². The zero-order chi connectivity index (χ0) is 27.5. The Balaban J connectivity index is 2.11. The molecule has 7 nitrogen and oxygen atoms in total. The Bertz CT molecular complexity index is 1260. The smallest absolute Gasteiger partial charge is 0.355 e. The minimum Gasteiger partial charge on any atom is -0.461 e. The minimum absolute atomic E-state index is 0.127. The van der Waals surface area contributed by atoms with E-state index in [2.05, 4.69) is 49.3 Å². The number of rotatable bonds is 11. The molecular weight excluding hydrogens is 487 g/mol.